The lowest BCUT2D eigenvalue weighted by Gasteiger charge is -2.31. The Balaban J connectivity index is 2.58. The lowest BCUT2D eigenvalue weighted by Crippen LogP contribution is -2.54. The van der Waals surface area contributed by atoms with Crippen LogP contribution in [0, 0.1) is 0 Å². The molecule has 4 nitrogen and oxygen atoms in total. The molecule has 0 aromatic rings. The van der Waals surface area contributed by atoms with Crippen molar-refractivity contribution in [2.24, 2.45) is 0 Å². The van der Waals surface area contributed by atoms with Crippen molar-refractivity contribution in [3.8, 4) is 0 Å². The number of nitrogens with zero attached hydrogens (tertiary/aromatic N) is 1. The van der Waals surface area contributed by atoms with E-state index in [1.54, 1.807) is 20.8 Å². The third-order valence-corrected chi connectivity index (χ3v) is 2.29. The SMILES string of the molecule is CC(C)(C)OC(=O)[N+]1(O)CCCCC1. The second-order valence-corrected chi connectivity index (χ2v) is 4.91. The smallest absolute Gasteiger partial charge is 0.412 e. The third-order valence-electron chi connectivity index (χ3n) is 2.29. The average Bonchev–Trinajstić information content (AvgIpc) is 2.02. The van der Waals surface area contributed by atoms with Crippen molar-refractivity contribution in [1.82, 2.24) is 0 Å². The summed E-state index contributed by atoms with van der Waals surface area (Å²) in [5.41, 5.74) is -0.525. The van der Waals surface area contributed by atoms with Crippen LogP contribution in [-0.2, 0) is 4.74 Å². The number of piperidine rings is 1. The fourth-order valence-corrected chi connectivity index (χ4v) is 1.56. The zero-order valence-corrected chi connectivity index (χ0v) is 9.25. The molecule has 0 radical (unpaired) electrons. The maximum Gasteiger partial charge on any atom is 0.549 e. The minimum atomic E-state index is -0.544. The van der Waals surface area contributed by atoms with Gasteiger partial charge in [-0.1, -0.05) is 4.65 Å². The first kappa shape index (κ1) is 11.5. The molecule has 0 saturated carbocycles. The Morgan fingerprint density at radius 1 is 1.21 bits per heavy atom. The van der Waals surface area contributed by atoms with Crippen molar-refractivity contribution >= 4 is 6.09 Å². The van der Waals surface area contributed by atoms with Crippen molar-refractivity contribution in [1.29, 1.82) is 0 Å². The van der Waals surface area contributed by atoms with Crippen LogP contribution in [0.3, 0.4) is 0 Å². The van der Waals surface area contributed by atoms with E-state index in [9.17, 15) is 10.0 Å². The van der Waals surface area contributed by atoms with Gasteiger partial charge in [0.1, 0.15) is 18.7 Å². The van der Waals surface area contributed by atoms with E-state index >= 15 is 0 Å². The Morgan fingerprint density at radius 2 is 1.71 bits per heavy atom. The molecule has 0 aromatic carbocycles. The quantitative estimate of drug-likeness (QED) is 0.484. The fraction of sp³-hybridized carbons (Fsp3) is 0.900. The van der Waals surface area contributed by atoms with Crippen LogP contribution in [0.2, 0.25) is 0 Å². The van der Waals surface area contributed by atoms with Gasteiger partial charge < -0.3 is 4.74 Å². The summed E-state index contributed by atoms with van der Waals surface area (Å²) in [6.07, 6.45) is 2.34. The zero-order chi connectivity index (χ0) is 10.8. The summed E-state index contributed by atoms with van der Waals surface area (Å²) >= 11 is 0. The third kappa shape index (κ3) is 2.96. The second kappa shape index (κ2) is 3.87. The molecule has 1 N–H and O–H groups in total. The van der Waals surface area contributed by atoms with E-state index in [4.69, 9.17) is 4.74 Å². The van der Waals surface area contributed by atoms with Crippen LogP contribution in [0.5, 0.6) is 0 Å². The van der Waals surface area contributed by atoms with Gasteiger partial charge in [-0.2, -0.15) is 4.79 Å². The van der Waals surface area contributed by atoms with Crippen LogP contribution in [-0.4, -0.2) is 34.6 Å². The molecule has 1 aliphatic rings. The largest absolute Gasteiger partial charge is 0.549 e. The highest BCUT2D eigenvalue weighted by Gasteiger charge is 2.41. The number of ether oxygens (including phenoxy) is 1. The van der Waals surface area contributed by atoms with Crippen molar-refractivity contribution in [3.63, 3.8) is 0 Å². The van der Waals surface area contributed by atoms with Crippen LogP contribution in [0.1, 0.15) is 40.0 Å². The molecule has 0 spiro atoms. The van der Waals surface area contributed by atoms with Gasteiger partial charge in [0, 0.05) is 12.8 Å². The van der Waals surface area contributed by atoms with Crippen LogP contribution < -0.4 is 0 Å². The summed E-state index contributed by atoms with van der Waals surface area (Å²) in [5, 5.41) is 9.97. The van der Waals surface area contributed by atoms with E-state index in [1.165, 1.54) is 0 Å². The van der Waals surface area contributed by atoms with Crippen LogP contribution in [0.25, 0.3) is 0 Å². The maximum absolute atomic E-state index is 11.6. The molecule has 14 heavy (non-hydrogen) atoms. The van der Waals surface area contributed by atoms with Gasteiger partial charge in [0.05, 0.1) is 0 Å². The number of rotatable bonds is 0. The Labute approximate surface area is 85.0 Å². The average molecular weight is 202 g/mol. The van der Waals surface area contributed by atoms with E-state index in [1.807, 2.05) is 0 Å². The van der Waals surface area contributed by atoms with Crippen LogP contribution >= 0.6 is 0 Å². The van der Waals surface area contributed by atoms with E-state index in [-0.39, 0.29) is 0 Å². The predicted molar refractivity (Wildman–Crippen MR) is 51.9 cm³/mol. The lowest BCUT2D eigenvalue weighted by atomic mass is 10.1. The molecule has 1 rings (SSSR count). The summed E-state index contributed by atoms with van der Waals surface area (Å²) in [7, 11) is 0. The molecule has 1 aliphatic heterocycles. The van der Waals surface area contributed by atoms with Crippen molar-refractivity contribution in [2.45, 2.75) is 45.6 Å². The Morgan fingerprint density at radius 3 is 2.14 bits per heavy atom. The minimum absolute atomic E-state index is 0.481. The molecule has 4 heteroatoms. The number of likely N-dealkylation sites (tertiary alicyclic amines) is 1. The van der Waals surface area contributed by atoms with Crippen LogP contribution in [0.4, 0.5) is 4.79 Å². The number of carbonyl (C=O) groups excluding carboxylic acids is 1. The van der Waals surface area contributed by atoms with Gasteiger partial charge in [0.15, 0.2) is 0 Å². The molecule has 82 valence electrons. The molecule has 1 heterocycles. The monoisotopic (exact) mass is 202 g/mol. The highest BCUT2D eigenvalue weighted by atomic mass is 16.7. The standard InChI is InChI=1S/C10H20NO3/c1-10(2,3)14-9(12)11(13)7-5-4-6-8-11/h13H,4-8H2,1-3H3/q+1. The van der Waals surface area contributed by atoms with Gasteiger partial charge in [-0.25, -0.2) is 5.21 Å². The zero-order valence-electron chi connectivity index (χ0n) is 9.25. The molecule has 0 atom stereocenters. The summed E-state index contributed by atoms with van der Waals surface area (Å²) in [6.45, 7) is 6.38. The number of hydrogen-bond donors (Lipinski definition) is 1. The molecule has 1 fully saturated rings. The number of carbonyl (C=O) groups is 1. The molecular formula is C10H20NO3+. The van der Waals surface area contributed by atoms with Gasteiger partial charge in [-0.3, -0.25) is 0 Å². The molecule has 0 aromatic heterocycles. The Kier molecular flexibility index (Phi) is 3.17. The number of amides is 1. The first-order chi connectivity index (χ1) is 6.33. The van der Waals surface area contributed by atoms with E-state index in [0.717, 1.165) is 19.3 Å². The molecule has 0 unspecified atom stereocenters. The highest BCUT2D eigenvalue weighted by molar-refractivity contribution is 5.59. The maximum atomic E-state index is 11.6. The lowest BCUT2D eigenvalue weighted by molar-refractivity contribution is -1.05. The molecule has 1 saturated heterocycles. The van der Waals surface area contributed by atoms with E-state index < -0.39 is 16.3 Å². The summed E-state index contributed by atoms with van der Waals surface area (Å²) in [6, 6.07) is 0. The van der Waals surface area contributed by atoms with Crippen molar-refractivity contribution in [3.05, 3.63) is 0 Å². The number of hydrogen-bond acceptors (Lipinski definition) is 3. The predicted octanol–water partition coefficient (Wildman–Crippen LogP) is 2.31. The minimum Gasteiger partial charge on any atom is -0.412 e. The van der Waals surface area contributed by atoms with E-state index in [2.05, 4.69) is 0 Å². The molecule has 0 bridgehead atoms. The Hall–Kier alpha value is -0.610. The van der Waals surface area contributed by atoms with Gasteiger partial charge in [-0.05, 0) is 27.2 Å². The first-order valence-corrected chi connectivity index (χ1v) is 5.17. The summed E-state index contributed by atoms with van der Waals surface area (Å²) < 4.78 is 4.62. The van der Waals surface area contributed by atoms with Crippen LogP contribution in [0.15, 0.2) is 0 Å². The first-order valence-electron chi connectivity index (χ1n) is 5.17. The second-order valence-electron chi connectivity index (χ2n) is 4.91. The van der Waals surface area contributed by atoms with Crippen molar-refractivity contribution in [2.75, 3.05) is 13.1 Å². The number of hydroxylamine groups is 3. The fourth-order valence-electron chi connectivity index (χ4n) is 1.56. The summed E-state index contributed by atoms with van der Waals surface area (Å²) in [4.78, 5) is 11.6. The number of quaternary nitrogens is 1. The van der Waals surface area contributed by atoms with Gasteiger partial charge in [0.25, 0.3) is 0 Å². The van der Waals surface area contributed by atoms with Gasteiger partial charge in [-0.15, -0.1) is 0 Å². The topological polar surface area (TPSA) is 46.5 Å². The molecule has 1 amide bonds. The highest BCUT2D eigenvalue weighted by Crippen LogP contribution is 2.20. The van der Waals surface area contributed by atoms with Gasteiger partial charge in [0.2, 0.25) is 0 Å². The molecular weight excluding hydrogens is 182 g/mol. The molecule has 0 aliphatic carbocycles. The normalized spacial score (nSPS) is 21.7. The van der Waals surface area contributed by atoms with E-state index in [0.29, 0.717) is 13.1 Å². The van der Waals surface area contributed by atoms with Crippen molar-refractivity contribution < 1.29 is 19.4 Å². The van der Waals surface area contributed by atoms with Gasteiger partial charge >= 0.3 is 6.09 Å². The Bertz CT molecular complexity index is 214. The summed E-state index contributed by atoms with van der Waals surface area (Å²) in [5.74, 6) is 0.